The molecule has 0 spiro atoms. The monoisotopic (exact) mass is 401 g/mol. The topological polar surface area (TPSA) is 89.9 Å². The van der Waals surface area contributed by atoms with E-state index in [1.165, 1.54) is 53.7 Å². The van der Waals surface area contributed by atoms with Gasteiger partial charge in [0.25, 0.3) is 5.91 Å². The first-order valence-electron chi connectivity index (χ1n) is 8.49. The van der Waals surface area contributed by atoms with Crippen molar-refractivity contribution in [3.05, 3.63) is 83.5 Å². The lowest BCUT2D eigenvalue weighted by molar-refractivity contribution is -0.137. The van der Waals surface area contributed by atoms with Crippen LogP contribution in [0.1, 0.15) is 21.6 Å². The number of carbonyl (C=O) groups excluding carboxylic acids is 1. The molecule has 7 nitrogen and oxygen atoms in total. The van der Waals surface area contributed by atoms with Crippen molar-refractivity contribution in [2.75, 3.05) is 0 Å². The lowest BCUT2D eigenvalue weighted by Gasteiger charge is -2.26. The molecular formula is C19H14F3N5O2. The van der Waals surface area contributed by atoms with Crippen molar-refractivity contribution in [3.63, 3.8) is 0 Å². The van der Waals surface area contributed by atoms with Crippen LogP contribution in [0.5, 0.6) is 5.88 Å². The van der Waals surface area contributed by atoms with Crippen LogP contribution in [0.3, 0.4) is 0 Å². The highest BCUT2D eigenvalue weighted by Gasteiger charge is 2.35. The number of pyridine rings is 1. The molecule has 3 heterocycles. The van der Waals surface area contributed by atoms with Gasteiger partial charge in [0.2, 0.25) is 5.88 Å². The number of hydrogen-bond acceptors (Lipinski definition) is 6. The van der Waals surface area contributed by atoms with E-state index in [0.717, 1.165) is 6.07 Å². The molecule has 2 aliphatic heterocycles. The van der Waals surface area contributed by atoms with Gasteiger partial charge in [0.05, 0.1) is 11.3 Å². The van der Waals surface area contributed by atoms with Crippen molar-refractivity contribution in [1.29, 1.82) is 0 Å². The van der Waals surface area contributed by atoms with Crippen LogP contribution in [-0.4, -0.2) is 32.9 Å². The zero-order chi connectivity index (χ0) is 20.6. The number of hydrazone groups is 1. The van der Waals surface area contributed by atoms with E-state index in [1.807, 2.05) is 0 Å². The summed E-state index contributed by atoms with van der Waals surface area (Å²) in [6.45, 7) is 0. The average molecular weight is 401 g/mol. The number of alkyl halides is 3. The minimum absolute atomic E-state index is 0.0199. The highest BCUT2D eigenvalue weighted by Crippen LogP contribution is 2.33. The van der Waals surface area contributed by atoms with Gasteiger partial charge in [0.1, 0.15) is 17.7 Å². The van der Waals surface area contributed by atoms with Gasteiger partial charge in [-0.25, -0.2) is 9.99 Å². The lowest BCUT2D eigenvalue weighted by atomic mass is 10.0. The molecule has 2 aliphatic rings. The van der Waals surface area contributed by atoms with Crippen LogP contribution in [0.15, 0.2) is 71.7 Å². The Morgan fingerprint density at radius 2 is 1.97 bits per heavy atom. The molecule has 0 fully saturated rings. The van der Waals surface area contributed by atoms with E-state index in [2.05, 4.69) is 20.7 Å². The molecule has 2 aromatic rings. The standard InChI is InChI=1S/C19H14F3N5O2/c20-19(21,22)12-5-2-1-4-11(12)13-8-9-15-23-10-16(27(15)26-13)25-18(29)14-6-3-7-17(28)24-14/h1-10,15,23H,(H,24,28)(H,25,29). The molecule has 0 bridgehead atoms. The summed E-state index contributed by atoms with van der Waals surface area (Å²) >= 11 is 0. The number of allylic oxidation sites excluding steroid dienone is 1. The molecule has 1 aromatic heterocycles. The number of hydrogen-bond donors (Lipinski definition) is 3. The predicted octanol–water partition coefficient (Wildman–Crippen LogP) is 2.54. The van der Waals surface area contributed by atoms with E-state index in [-0.39, 0.29) is 28.7 Å². The van der Waals surface area contributed by atoms with Gasteiger partial charge in [-0.15, -0.1) is 0 Å². The Kier molecular flexibility index (Phi) is 4.45. The minimum atomic E-state index is -4.53. The van der Waals surface area contributed by atoms with Crippen molar-refractivity contribution in [1.82, 2.24) is 20.6 Å². The molecule has 29 heavy (non-hydrogen) atoms. The smallest absolute Gasteiger partial charge is 0.417 e. The number of carbonyl (C=O) groups is 1. The molecule has 0 radical (unpaired) electrons. The summed E-state index contributed by atoms with van der Waals surface area (Å²) in [6.07, 6.45) is -0.367. The Morgan fingerprint density at radius 1 is 1.17 bits per heavy atom. The average Bonchev–Trinajstić information content (AvgIpc) is 3.09. The van der Waals surface area contributed by atoms with Crippen molar-refractivity contribution in [2.45, 2.75) is 12.3 Å². The largest absolute Gasteiger partial charge is 0.493 e. The summed E-state index contributed by atoms with van der Waals surface area (Å²) in [5, 5.41) is 20.6. The number of rotatable bonds is 3. The zero-order valence-corrected chi connectivity index (χ0v) is 14.7. The van der Waals surface area contributed by atoms with Crippen molar-refractivity contribution in [2.24, 2.45) is 5.10 Å². The third-order valence-electron chi connectivity index (χ3n) is 4.27. The summed E-state index contributed by atoms with van der Waals surface area (Å²) in [5.74, 6) is -0.674. The number of nitrogens with zero attached hydrogens (tertiary/aromatic N) is 3. The van der Waals surface area contributed by atoms with Gasteiger partial charge in [0.15, 0.2) is 0 Å². The molecular weight excluding hydrogens is 387 g/mol. The van der Waals surface area contributed by atoms with E-state index < -0.39 is 23.8 Å². The van der Waals surface area contributed by atoms with Gasteiger partial charge in [-0.2, -0.15) is 18.3 Å². The van der Waals surface area contributed by atoms with Crippen molar-refractivity contribution in [3.8, 4) is 5.88 Å². The molecule has 10 heteroatoms. The fourth-order valence-electron chi connectivity index (χ4n) is 2.96. The second kappa shape index (κ2) is 6.97. The fraction of sp³-hybridized carbons (Fsp3) is 0.105. The number of nitrogens with one attached hydrogen (secondary N) is 2. The fourth-order valence-corrected chi connectivity index (χ4v) is 2.96. The summed E-state index contributed by atoms with van der Waals surface area (Å²) in [4.78, 5) is 16.1. The summed E-state index contributed by atoms with van der Waals surface area (Å²) in [7, 11) is 0. The third kappa shape index (κ3) is 3.64. The second-order valence-electron chi connectivity index (χ2n) is 6.21. The Morgan fingerprint density at radius 3 is 2.72 bits per heavy atom. The van der Waals surface area contributed by atoms with Crippen molar-refractivity contribution < 1.29 is 23.1 Å². The van der Waals surface area contributed by atoms with Crippen LogP contribution in [-0.2, 0) is 6.18 Å². The first kappa shape index (κ1) is 18.5. The van der Waals surface area contributed by atoms with Crippen LogP contribution < -0.4 is 10.6 Å². The van der Waals surface area contributed by atoms with Crippen LogP contribution in [0.2, 0.25) is 0 Å². The highest BCUT2D eigenvalue weighted by molar-refractivity contribution is 6.10. The molecule has 148 valence electrons. The van der Waals surface area contributed by atoms with Gasteiger partial charge in [0, 0.05) is 17.8 Å². The maximum absolute atomic E-state index is 13.3. The van der Waals surface area contributed by atoms with Gasteiger partial charge in [-0.3, -0.25) is 4.79 Å². The van der Waals surface area contributed by atoms with E-state index >= 15 is 0 Å². The highest BCUT2D eigenvalue weighted by atomic mass is 19.4. The molecule has 1 amide bonds. The number of amides is 1. The Balaban J connectivity index is 1.61. The molecule has 0 saturated heterocycles. The summed E-state index contributed by atoms with van der Waals surface area (Å²) in [6, 6.07) is 9.36. The first-order valence-corrected chi connectivity index (χ1v) is 8.49. The predicted molar refractivity (Wildman–Crippen MR) is 97.3 cm³/mol. The first-order chi connectivity index (χ1) is 13.8. The van der Waals surface area contributed by atoms with Crippen LogP contribution in [0, 0.1) is 0 Å². The summed E-state index contributed by atoms with van der Waals surface area (Å²) < 4.78 is 40.0. The second-order valence-corrected chi connectivity index (χ2v) is 6.21. The molecule has 0 saturated carbocycles. The number of halogens is 3. The van der Waals surface area contributed by atoms with E-state index in [0.29, 0.717) is 0 Å². The van der Waals surface area contributed by atoms with Gasteiger partial charge in [-0.1, -0.05) is 24.3 Å². The van der Waals surface area contributed by atoms with Crippen LogP contribution in [0.25, 0.3) is 0 Å². The molecule has 0 aliphatic carbocycles. The maximum Gasteiger partial charge on any atom is 0.417 e. The van der Waals surface area contributed by atoms with Crippen LogP contribution in [0.4, 0.5) is 13.2 Å². The Labute approximate surface area is 162 Å². The van der Waals surface area contributed by atoms with E-state index in [1.54, 1.807) is 6.08 Å². The van der Waals surface area contributed by atoms with Crippen molar-refractivity contribution >= 4 is 11.6 Å². The molecule has 4 rings (SSSR count). The van der Waals surface area contributed by atoms with E-state index in [9.17, 15) is 23.1 Å². The Bertz CT molecular complexity index is 1060. The number of aromatic nitrogens is 1. The third-order valence-corrected chi connectivity index (χ3v) is 4.27. The van der Waals surface area contributed by atoms with E-state index in [4.69, 9.17) is 0 Å². The molecule has 1 aromatic carbocycles. The maximum atomic E-state index is 13.3. The summed E-state index contributed by atoms with van der Waals surface area (Å²) in [5.41, 5.74) is -0.781. The number of benzene rings is 1. The molecule has 3 N–H and O–H groups in total. The number of aromatic hydroxyl groups is 1. The SMILES string of the molecule is O=C(NC1=CNC2C=CC(c3ccccc3C(F)(F)F)=NN12)c1cccc(O)n1. The molecule has 1 atom stereocenters. The molecule has 1 unspecified atom stereocenters. The minimum Gasteiger partial charge on any atom is -0.493 e. The number of fused-ring (bicyclic) bond motifs is 1. The van der Waals surface area contributed by atoms with Crippen LogP contribution >= 0.6 is 0 Å². The Hall–Kier alpha value is -3.82. The van der Waals surface area contributed by atoms with Gasteiger partial charge < -0.3 is 15.7 Å². The quantitative estimate of drug-likeness (QED) is 0.736. The normalized spacial score (nSPS) is 17.9. The van der Waals surface area contributed by atoms with Gasteiger partial charge in [-0.05, 0) is 24.3 Å². The zero-order valence-electron chi connectivity index (χ0n) is 14.7. The lowest BCUT2D eigenvalue weighted by Crippen LogP contribution is -2.39. The van der Waals surface area contributed by atoms with Gasteiger partial charge >= 0.3 is 6.18 Å².